The highest BCUT2D eigenvalue weighted by atomic mass is 79.9. The molecule has 0 unspecified atom stereocenters. The minimum absolute atomic E-state index is 0.244. The Morgan fingerprint density at radius 3 is 2.81 bits per heavy atom. The molecule has 0 atom stereocenters. The van der Waals surface area contributed by atoms with Crippen LogP contribution in [0.25, 0.3) is 0 Å². The van der Waals surface area contributed by atoms with Crippen molar-refractivity contribution in [3.05, 3.63) is 27.7 Å². The van der Waals surface area contributed by atoms with E-state index in [0.29, 0.717) is 5.69 Å². The molecule has 0 saturated carbocycles. The average Bonchev–Trinajstić information content (AvgIpc) is 2.24. The Hall–Kier alpha value is -1.16. The van der Waals surface area contributed by atoms with Crippen LogP contribution in [0.3, 0.4) is 0 Å². The molecule has 1 aromatic carbocycles. The number of carboxylic acids is 1. The first-order valence-electron chi connectivity index (χ1n) is 5.12. The van der Waals surface area contributed by atoms with Crippen molar-refractivity contribution in [2.45, 2.75) is 26.7 Å². The molecule has 1 rings (SSSR count). The number of rotatable bonds is 4. The largest absolute Gasteiger partial charge is 0.478 e. The molecule has 4 heteroatoms. The van der Waals surface area contributed by atoms with Gasteiger partial charge < -0.3 is 5.11 Å². The summed E-state index contributed by atoms with van der Waals surface area (Å²) in [7, 11) is 0. The molecule has 0 bridgehead atoms. The highest BCUT2D eigenvalue weighted by molar-refractivity contribution is 9.10. The number of aliphatic imine (C=N–C) groups is 1. The lowest BCUT2D eigenvalue weighted by Crippen LogP contribution is -1.98. The van der Waals surface area contributed by atoms with Crippen LogP contribution in [0.4, 0.5) is 5.69 Å². The third-order valence-corrected chi connectivity index (χ3v) is 3.09. The van der Waals surface area contributed by atoms with E-state index in [2.05, 4.69) is 27.8 Å². The predicted molar refractivity (Wildman–Crippen MR) is 68.9 cm³/mol. The van der Waals surface area contributed by atoms with Gasteiger partial charge in [-0.3, -0.25) is 4.99 Å². The third-order valence-electron chi connectivity index (χ3n) is 2.23. The summed E-state index contributed by atoms with van der Waals surface area (Å²) < 4.78 is 0.876. The van der Waals surface area contributed by atoms with Gasteiger partial charge in [-0.05, 0) is 31.0 Å². The zero-order valence-corrected chi connectivity index (χ0v) is 10.9. The lowest BCUT2D eigenvalue weighted by Gasteiger charge is -2.06. The molecular weight excluding hydrogens is 270 g/mol. The van der Waals surface area contributed by atoms with Crippen molar-refractivity contribution in [3.8, 4) is 0 Å². The van der Waals surface area contributed by atoms with Crippen molar-refractivity contribution in [2.75, 3.05) is 0 Å². The minimum atomic E-state index is -0.945. The fourth-order valence-electron chi connectivity index (χ4n) is 1.30. The summed E-state index contributed by atoms with van der Waals surface area (Å²) in [5.41, 5.74) is 1.63. The van der Waals surface area contributed by atoms with Gasteiger partial charge in [0.05, 0.1) is 11.3 Å². The number of hydrogen-bond donors (Lipinski definition) is 1. The van der Waals surface area contributed by atoms with Crippen molar-refractivity contribution in [1.82, 2.24) is 0 Å². The van der Waals surface area contributed by atoms with Crippen LogP contribution < -0.4 is 0 Å². The average molecular weight is 284 g/mol. The zero-order valence-electron chi connectivity index (χ0n) is 9.33. The Morgan fingerprint density at radius 2 is 2.25 bits per heavy atom. The van der Waals surface area contributed by atoms with E-state index >= 15 is 0 Å². The Kier molecular flexibility index (Phi) is 4.68. The summed E-state index contributed by atoms with van der Waals surface area (Å²) in [5, 5.41) is 9.05. The summed E-state index contributed by atoms with van der Waals surface area (Å²) in [4.78, 5) is 15.3. The van der Waals surface area contributed by atoms with Gasteiger partial charge in [-0.15, -0.1) is 0 Å². The standard InChI is InChI=1S/C12H14BrNO2/c1-3-4-7-14-11-8(2)10(13)6-5-9(11)12(15)16/h5-7H,3-4H2,1-2H3,(H,15,16). The Balaban J connectivity index is 3.21. The molecule has 16 heavy (non-hydrogen) atoms. The molecule has 0 amide bonds. The molecule has 0 radical (unpaired) electrons. The zero-order chi connectivity index (χ0) is 12.1. The van der Waals surface area contributed by atoms with Gasteiger partial charge in [0.15, 0.2) is 0 Å². The van der Waals surface area contributed by atoms with Crippen molar-refractivity contribution < 1.29 is 9.90 Å². The van der Waals surface area contributed by atoms with E-state index in [-0.39, 0.29) is 5.56 Å². The minimum Gasteiger partial charge on any atom is -0.478 e. The molecule has 86 valence electrons. The van der Waals surface area contributed by atoms with Crippen LogP contribution in [-0.4, -0.2) is 17.3 Å². The lowest BCUT2D eigenvalue weighted by molar-refractivity contribution is 0.0697. The third kappa shape index (κ3) is 2.92. The van der Waals surface area contributed by atoms with Crippen molar-refractivity contribution >= 4 is 33.8 Å². The summed E-state index contributed by atoms with van der Waals surface area (Å²) in [5.74, 6) is -0.945. The topological polar surface area (TPSA) is 49.7 Å². The van der Waals surface area contributed by atoms with Gasteiger partial charge in [0.25, 0.3) is 0 Å². The maximum atomic E-state index is 11.0. The molecule has 0 aliphatic rings. The van der Waals surface area contributed by atoms with Crippen LogP contribution in [0.15, 0.2) is 21.6 Å². The quantitative estimate of drug-likeness (QED) is 0.851. The van der Waals surface area contributed by atoms with Gasteiger partial charge in [0.2, 0.25) is 0 Å². The van der Waals surface area contributed by atoms with Gasteiger partial charge in [-0.1, -0.05) is 29.3 Å². The highest BCUT2D eigenvalue weighted by Gasteiger charge is 2.12. The maximum absolute atomic E-state index is 11.0. The molecule has 0 spiro atoms. The number of nitrogens with zero attached hydrogens (tertiary/aromatic N) is 1. The van der Waals surface area contributed by atoms with Gasteiger partial charge in [0, 0.05) is 10.7 Å². The molecular formula is C12H14BrNO2. The second-order valence-corrected chi connectivity index (χ2v) is 4.33. The molecule has 1 N–H and O–H groups in total. The number of benzene rings is 1. The molecule has 0 aromatic heterocycles. The number of carbonyl (C=O) groups is 1. The number of aromatic carboxylic acids is 1. The summed E-state index contributed by atoms with van der Waals surface area (Å²) in [6, 6.07) is 3.30. The fraction of sp³-hybridized carbons (Fsp3) is 0.333. The number of unbranched alkanes of at least 4 members (excludes halogenated alkanes) is 1. The van der Waals surface area contributed by atoms with E-state index in [1.807, 2.05) is 6.92 Å². The first kappa shape index (κ1) is 12.9. The first-order valence-corrected chi connectivity index (χ1v) is 5.92. The van der Waals surface area contributed by atoms with Crippen LogP contribution in [-0.2, 0) is 0 Å². The van der Waals surface area contributed by atoms with Gasteiger partial charge in [0.1, 0.15) is 0 Å². The molecule has 0 saturated heterocycles. The van der Waals surface area contributed by atoms with Crippen molar-refractivity contribution in [1.29, 1.82) is 0 Å². The molecule has 0 fully saturated rings. The van der Waals surface area contributed by atoms with E-state index in [0.717, 1.165) is 22.9 Å². The summed E-state index contributed by atoms with van der Waals surface area (Å²) >= 11 is 3.37. The highest BCUT2D eigenvalue weighted by Crippen LogP contribution is 2.30. The van der Waals surface area contributed by atoms with Crippen LogP contribution >= 0.6 is 15.9 Å². The van der Waals surface area contributed by atoms with Gasteiger partial charge in [-0.2, -0.15) is 0 Å². The summed E-state index contributed by atoms with van der Waals surface area (Å²) in [6.07, 6.45) is 3.62. The van der Waals surface area contributed by atoms with E-state index in [1.165, 1.54) is 0 Å². The summed E-state index contributed by atoms with van der Waals surface area (Å²) in [6.45, 7) is 3.91. The van der Waals surface area contributed by atoms with Crippen LogP contribution in [0, 0.1) is 6.92 Å². The van der Waals surface area contributed by atoms with Crippen LogP contribution in [0.5, 0.6) is 0 Å². The van der Waals surface area contributed by atoms with Gasteiger partial charge >= 0.3 is 5.97 Å². The number of carboxylic acid groups (broad SMARTS) is 1. The predicted octanol–water partition coefficient (Wildman–Crippen LogP) is 3.96. The maximum Gasteiger partial charge on any atom is 0.337 e. The molecule has 1 aromatic rings. The normalized spacial score (nSPS) is 10.9. The monoisotopic (exact) mass is 283 g/mol. The second kappa shape index (κ2) is 5.80. The SMILES string of the molecule is CCCC=Nc1c(C(=O)O)ccc(Br)c1C. The molecule has 0 heterocycles. The Bertz CT molecular complexity index is 427. The molecule has 3 nitrogen and oxygen atoms in total. The lowest BCUT2D eigenvalue weighted by atomic mass is 10.1. The van der Waals surface area contributed by atoms with Crippen molar-refractivity contribution in [3.63, 3.8) is 0 Å². The van der Waals surface area contributed by atoms with Crippen LogP contribution in [0.2, 0.25) is 0 Å². The van der Waals surface area contributed by atoms with E-state index in [4.69, 9.17) is 5.11 Å². The Labute approximate surface area is 103 Å². The number of halogens is 1. The van der Waals surface area contributed by atoms with E-state index in [1.54, 1.807) is 18.3 Å². The van der Waals surface area contributed by atoms with Crippen LogP contribution in [0.1, 0.15) is 35.7 Å². The first-order chi connectivity index (χ1) is 7.57. The van der Waals surface area contributed by atoms with Crippen molar-refractivity contribution in [2.24, 2.45) is 4.99 Å². The fourth-order valence-corrected chi connectivity index (χ4v) is 1.62. The van der Waals surface area contributed by atoms with E-state index < -0.39 is 5.97 Å². The molecule has 0 aliphatic carbocycles. The van der Waals surface area contributed by atoms with E-state index in [9.17, 15) is 4.79 Å². The molecule has 0 aliphatic heterocycles. The smallest absolute Gasteiger partial charge is 0.337 e. The number of hydrogen-bond acceptors (Lipinski definition) is 2. The second-order valence-electron chi connectivity index (χ2n) is 3.47. The van der Waals surface area contributed by atoms with Gasteiger partial charge in [-0.25, -0.2) is 4.79 Å². The Morgan fingerprint density at radius 1 is 1.56 bits per heavy atom.